The molecule has 1 fully saturated rings. The molecule has 174 valence electrons. The smallest absolute Gasteiger partial charge is 0.264 e. The molecule has 0 spiro atoms. The van der Waals surface area contributed by atoms with Gasteiger partial charge in [0.2, 0.25) is 0 Å². The molecule has 0 atom stereocenters. The van der Waals surface area contributed by atoms with Crippen molar-refractivity contribution in [2.24, 2.45) is 4.99 Å². The highest BCUT2D eigenvalue weighted by molar-refractivity contribution is 8.18. The van der Waals surface area contributed by atoms with E-state index in [1.165, 1.54) is 23.4 Å². The summed E-state index contributed by atoms with van der Waals surface area (Å²) in [6.45, 7) is 4.51. The Bertz CT molecular complexity index is 1240. The maximum Gasteiger partial charge on any atom is 0.264 e. The minimum Gasteiger partial charge on any atom is -0.490 e. The highest BCUT2D eigenvalue weighted by Gasteiger charge is 2.24. The molecule has 1 saturated heterocycles. The van der Waals surface area contributed by atoms with Crippen LogP contribution in [0, 0.1) is 5.82 Å². The number of nitrogens with one attached hydrogen (secondary N) is 1. The van der Waals surface area contributed by atoms with Gasteiger partial charge in [-0.15, -0.1) is 0 Å². The van der Waals surface area contributed by atoms with Crippen molar-refractivity contribution in [3.63, 3.8) is 0 Å². The number of hydrogen-bond acceptors (Lipinski definition) is 5. The van der Waals surface area contributed by atoms with Crippen molar-refractivity contribution in [3.8, 4) is 11.5 Å². The fourth-order valence-electron chi connectivity index (χ4n) is 3.33. The molecule has 0 aromatic heterocycles. The lowest BCUT2D eigenvalue weighted by Crippen LogP contribution is -2.19. The standard InChI is InChI=1S/C27H25FN2O3S/c1-3-18-9-12-21(13-10-18)29-27-30-26(31)25(34-27)16-19-11-14-23(24(15-19)32-4-2)33-17-20-7-5-6-8-22(20)28/h5-16H,3-4,17H2,1-2H3,(H,29,30,31)/b25-16+. The Balaban J connectivity index is 1.50. The van der Waals surface area contributed by atoms with Crippen LogP contribution < -0.4 is 14.8 Å². The quantitative estimate of drug-likeness (QED) is 0.390. The van der Waals surface area contributed by atoms with Gasteiger partial charge in [-0.05, 0) is 72.6 Å². The van der Waals surface area contributed by atoms with E-state index in [2.05, 4.69) is 17.2 Å². The number of rotatable bonds is 8. The van der Waals surface area contributed by atoms with Crippen LogP contribution in [0.3, 0.4) is 0 Å². The second-order valence-corrected chi connectivity index (χ2v) is 8.55. The Kier molecular flexibility index (Phi) is 7.65. The van der Waals surface area contributed by atoms with Gasteiger partial charge >= 0.3 is 0 Å². The van der Waals surface area contributed by atoms with Gasteiger partial charge < -0.3 is 14.8 Å². The van der Waals surface area contributed by atoms with Crippen molar-refractivity contribution in [1.29, 1.82) is 0 Å². The molecule has 0 radical (unpaired) electrons. The third-order valence-corrected chi connectivity index (χ3v) is 6.04. The average molecular weight is 477 g/mol. The molecular weight excluding hydrogens is 451 g/mol. The number of aryl methyl sites for hydroxylation is 1. The van der Waals surface area contributed by atoms with Gasteiger partial charge in [0.15, 0.2) is 16.7 Å². The zero-order valence-electron chi connectivity index (χ0n) is 19.0. The summed E-state index contributed by atoms with van der Waals surface area (Å²) in [7, 11) is 0. The molecule has 3 aromatic carbocycles. The van der Waals surface area contributed by atoms with Gasteiger partial charge in [0.05, 0.1) is 17.2 Å². The van der Waals surface area contributed by atoms with E-state index in [4.69, 9.17) is 9.47 Å². The van der Waals surface area contributed by atoms with Crippen LogP contribution in [0.25, 0.3) is 6.08 Å². The topological polar surface area (TPSA) is 59.9 Å². The monoisotopic (exact) mass is 476 g/mol. The van der Waals surface area contributed by atoms with E-state index >= 15 is 0 Å². The number of hydrogen-bond donors (Lipinski definition) is 1. The molecule has 1 aliphatic rings. The number of amides is 1. The number of halogens is 1. The first kappa shape index (κ1) is 23.6. The number of carbonyl (C=O) groups is 1. The normalized spacial score (nSPS) is 15.6. The highest BCUT2D eigenvalue weighted by atomic mass is 32.2. The summed E-state index contributed by atoms with van der Waals surface area (Å²) < 4.78 is 25.4. The van der Waals surface area contributed by atoms with Gasteiger partial charge in [-0.3, -0.25) is 4.79 Å². The Morgan fingerprint density at radius 2 is 1.79 bits per heavy atom. The third-order valence-electron chi connectivity index (χ3n) is 5.13. The molecule has 0 unspecified atom stereocenters. The lowest BCUT2D eigenvalue weighted by Gasteiger charge is -2.13. The van der Waals surface area contributed by atoms with E-state index < -0.39 is 0 Å². The van der Waals surface area contributed by atoms with E-state index in [-0.39, 0.29) is 18.3 Å². The number of ether oxygens (including phenoxy) is 2. The van der Waals surface area contributed by atoms with Gasteiger partial charge in [-0.25, -0.2) is 9.38 Å². The Morgan fingerprint density at radius 1 is 1.00 bits per heavy atom. The summed E-state index contributed by atoms with van der Waals surface area (Å²) in [4.78, 5) is 17.5. The van der Waals surface area contributed by atoms with E-state index in [0.29, 0.717) is 33.7 Å². The van der Waals surface area contributed by atoms with Crippen molar-refractivity contribution in [2.45, 2.75) is 26.9 Å². The van der Waals surface area contributed by atoms with Gasteiger partial charge in [0.1, 0.15) is 12.4 Å². The van der Waals surface area contributed by atoms with Crippen LogP contribution in [0.15, 0.2) is 76.6 Å². The van der Waals surface area contributed by atoms with Crippen molar-refractivity contribution in [2.75, 3.05) is 6.61 Å². The van der Waals surface area contributed by atoms with Gasteiger partial charge in [-0.2, -0.15) is 0 Å². The first-order chi connectivity index (χ1) is 16.6. The fourth-order valence-corrected chi connectivity index (χ4v) is 4.17. The lowest BCUT2D eigenvalue weighted by molar-refractivity contribution is -0.115. The molecule has 4 rings (SSSR count). The molecule has 0 saturated carbocycles. The Labute approximate surface area is 202 Å². The summed E-state index contributed by atoms with van der Waals surface area (Å²) in [6, 6.07) is 19.8. The Hall–Kier alpha value is -3.58. The van der Waals surface area contributed by atoms with Gasteiger partial charge in [0, 0.05) is 5.56 Å². The van der Waals surface area contributed by atoms with Crippen molar-refractivity contribution >= 4 is 34.6 Å². The third kappa shape index (κ3) is 5.85. The van der Waals surface area contributed by atoms with Crippen LogP contribution in [0.2, 0.25) is 0 Å². The highest BCUT2D eigenvalue weighted by Crippen LogP contribution is 2.33. The van der Waals surface area contributed by atoms with Crippen LogP contribution in [-0.2, 0) is 17.8 Å². The van der Waals surface area contributed by atoms with Crippen molar-refractivity contribution < 1.29 is 18.7 Å². The number of nitrogens with zero attached hydrogens (tertiary/aromatic N) is 1. The summed E-state index contributed by atoms with van der Waals surface area (Å²) in [5.74, 6) is 0.520. The van der Waals surface area contributed by atoms with E-state index in [1.807, 2.05) is 37.3 Å². The fraction of sp³-hybridized carbons (Fsp3) is 0.185. The average Bonchev–Trinajstić information content (AvgIpc) is 3.18. The molecule has 1 N–H and O–H groups in total. The first-order valence-corrected chi connectivity index (χ1v) is 11.9. The lowest BCUT2D eigenvalue weighted by atomic mass is 10.1. The molecule has 1 amide bonds. The molecule has 7 heteroatoms. The second-order valence-electron chi connectivity index (χ2n) is 7.52. The van der Waals surface area contributed by atoms with Crippen LogP contribution >= 0.6 is 11.8 Å². The summed E-state index contributed by atoms with van der Waals surface area (Å²) in [6.07, 6.45) is 2.75. The van der Waals surface area contributed by atoms with Gasteiger partial charge in [0.25, 0.3) is 5.91 Å². The Morgan fingerprint density at radius 3 is 2.53 bits per heavy atom. The van der Waals surface area contributed by atoms with Crippen LogP contribution in [0.4, 0.5) is 10.1 Å². The summed E-state index contributed by atoms with van der Waals surface area (Å²) in [5.41, 5.74) is 3.27. The minimum atomic E-state index is -0.315. The number of thioether (sulfide) groups is 1. The largest absolute Gasteiger partial charge is 0.490 e. The van der Waals surface area contributed by atoms with E-state index in [9.17, 15) is 9.18 Å². The molecule has 1 aliphatic heterocycles. The first-order valence-electron chi connectivity index (χ1n) is 11.1. The van der Waals surface area contributed by atoms with Crippen molar-refractivity contribution in [3.05, 3.63) is 94.1 Å². The molecular formula is C27H25FN2O3S. The van der Waals surface area contributed by atoms with Crippen LogP contribution in [0.5, 0.6) is 11.5 Å². The van der Waals surface area contributed by atoms with Crippen LogP contribution in [0.1, 0.15) is 30.5 Å². The summed E-state index contributed by atoms with van der Waals surface area (Å²) in [5, 5.41) is 3.35. The van der Waals surface area contributed by atoms with E-state index in [0.717, 1.165) is 17.7 Å². The molecule has 3 aromatic rings. The van der Waals surface area contributed by atoms with Crippen molar-refractivity contribution in [1.82, 2.24) is 5.32 Å². The number of amidine groups is 1. The SMILES string of the molecule is CCOc1cc(/C=C2/SC(=Nc3ccc(CC)cc3)NC2=O)ccc1OCc1ccccc1F. The molecule has 0 bridgehead atoms. The molecule has 5 nitrogen and oxygen atoms in total. The minimum absolute atomic E-state index is 0.0878. The number of aliphatic imine (C=N–C) groups is 1. The number of benzene rings is 3. The molecule has 34 heavy (non-hydrogen) atoms. The molecule has 1 heterocycles. The summed E-state index contributed by atoms with van der Waals surface area (Å²) >= 11 is 1.29. The zero-order valence-corrected chi connectivity index (χ0v) is 19.8. The number of carbonyl (C=O) groups excluding carboxylic acids is 1. The predicted octanol–water partition coefficient (Wildman–Crippen LogP) is 6.26. The van der Waals surface area contributed by atoms with Gasteiger partial charge in [-0.1, -0.05) is 43.3 Å². The maximum atomic E-state index is 13.9. The zero-order chi connectivity index (χ0) is 23.9. The van der Waals surface area contributed by atoms with E-state index in [1.54, 1.807) is 36.4 Å². The maximum absolute atomic E-state index is 13.9. The predicted molar refractivity (Wildman–Crippen MR) is 135 cm³/mol. The van der Waals surface area contributed by atoms with Crippen LogP contribution in [-0.4, -0.2) is 17.7 Å². The molecule has 0 aliphatic carbocycles. The second kappa shape index (κ2) is 11.0.